The fourth-order valence-corrected chi connectivity index (χ4v) is 8.26. The fourth-order valence-electron chi connectivity index (χ4n) is 8.26. The molecule has 6 atom stereocenters. The first kappa shape index (κ1) is 39.7. The van der Waals surface area contributed by atoms with E-state index in [-0.39, 0.29) is 40.9 Å². The minimum absolute atomic E-state index is 0.0170. The van der Waals surface area contributed by atoms with Crippen LogP contribution in [0, 0.1) is 17.8 Å². The van der Waals surface area contributed by atoms with Gasteiger partial charge in [0.25, 0.3) is 0 Å². The molecule has 4 aromatic rings. The number of carbonyl (C=O) groups is 3. The summed E-state index contributed by atoms with van der Waals surface area (Å²) in [4.78, 5) is 41.1. The molecule has 0 spiro atoms. The van der Waals surface area contributed by atoms with Crippen molar-refractivity contribution in [1.29, 1.82) is 0 Å². The Hall–Kier alpha value is -5.47. The lowest BCUT2D eigenvalue weighted by Crippen LogP contribution is -2.58. The third-order valence-electron chi connectivity index (χ3n) is 10.6. The van der Waals surface area contributed by atoms with E-state index < -0.39 is 24.1 Å². The number of methoxy groups -OCH3 is 6. The number of aromatic amines is 1. The number of nitrogens with one attached hydrogen (secondary N) is 1. The lowest BCUT2D eigenvalue weighted by molar-refractivity contribution is -0.176. The molecule has 1 aromatic heterocycles. The van der Waals surface area contributed by atoms with E-state index in [1.165, 1.54) is 63.3 Å². The highest BCUT2D eigenvalue weighted by Crippen LogP contribution is 2.51. The first-order valence-electron chi connectivity index (χ1n) is 17.5. The van der Waals surface area contributed by atoms with Gasteiger partial charge in [-0.05, 0) is 73.1 Å². The maximum Gasteiger partial charge on any atom is 0.338 e. The molecule has 14 heteroatoms. The molecule has 3 heterocycles. The lowest BCUT2D eigenvalue weighted by Gasteiger charge is -2.52. The number of hydrogen-bond donors (Lipinski definition) is 3. The van der Waals surface area contributed by atoms with Gasteiger partial charge in [-0.1, -0.05) is 6.07 Å². The third kappa shape index (κ3) is 7.90. The van der Waals surface area contributed by atoms with Crippen molar-refractivity contribution in [1.82, 2.24) is 9.88 Å². The summed E-state index contributed by atoms with van der Waals surface area (Å²) >= 11 is 0. The van der Waals surface area contributed by atoms with Crippen LogP contribution in [0.2, 0.25) is 0 Å². The number of piperidine rings is 1. The first-order valence-corrected chi connectivity index (χ1v) is 17.5. The van der Waals surface area contributed by atoms with Gasteiger partial charge >= 0.3 is 11.9 Å². The van der Waals surface area contributed by atoms with E-state index in [9.17, 15) is 9.59 Å². The van der Waals surface area contributed by atoms with Crippen LogP contribution in [0.15, 0.2) is 54.6 Å². The van der Waals surface area contributed by atoms with E-state index in [1.807, 2.05) is 18.9 Å². The molecule has 2 fully saturated rings. The van der Waals surface area contributed by atoms with E-state index in [2.05, 4.69) is 16.0 Å². The number of aromatic nitrogens is 1. The van der Waals surface area contributed by atoms with E-state index in [0.717, 1.165) is 37.2 Å². The number of ether oxygens (including phenoxy) is 7. The van der Waals surface area contributed by atoms with Crippen molar-refractivity contribution < 1.29 is 57.8 Å². The minimum Gasteiger partial charge on any atom is -0.508 e. The summed E-state index contributed by atoms with van der Waals surface area (Å²) in [5.41, 5.74) is 3.83. The number of esters is 2. The van der Waals surface area contributed by atoms with Gasteiger partial charge in [0.2, 0.25) is 5.75 Å². The standard InChI is InChI=1S/C33H40N2O9.C6H6O2.CH2O/c1-38-19-7-8-20-21-9-10-35-16-18-13-27(44-32(36)17-11-25(39-2)30(41-4)26(12-17)40-3)31(42-5)28(33(37)43-6)22(18)15-24(35)29(21)34-23(20)14-19;7-5-2-1-3-6(8)4-5;1-2/h7-8,11-12,14,18,22,24,27-28,31,34H,9-10,13,15-16H2,1-6H3;1-4,7-8H;1H2/t18-,22+,24-,27-,28+,31+;;/m1../s1. The Morgan fingerprint density at radius 3 is 2.09 bits per heavy atom. The van der Waals surface area contributed by atoms with E-state index in [0.29, 0.717) is 23.7 Å². The second-order valence-corrected chi connectivity index (χ2v) is 13.2. The summed E-state index contributed by atoms with van der Waals surface area (Å²) < 4.78 is 39.1. The van der Waals surface area contributed by atoms with Crippen molar-refractivity contribution in [3.05, 3.63) is 71.4 Å². The van der Waals surface area contributed by atoms with Crippen LogP contribution in [0.1, 0.15) is 40.5 Å². The molecular weight excluding hydrogens is 700 g/mol. The van der Waals surface area contributed by atoms with Crippen LogP contribution in [0.4, 0.5) is 0 Å². The molecule has 7 rings (SSSR count). The highest BCUT2D eigenvalue weighted by molar-refractivity contribution is 5.91. The van der Waals surface area contributed by atoms with E-state index >= 15 is 0 Å². The van der Waals surface area contributed by atoms with Crippen LogP contribution in [-0.2, 0) is 30.2 Å². The van der Waals surface area contributed by atoms with E-state index in [4.69, 9.17) is 48.2 Å². The molecule has 14 nitrogen and oxygen atoms in total. The molecule has 1 saturated carbocycles. The number of phenols is 2. The number of phenolic OH excluding ortho intramolecular Hbond substituents is 2. The van der Waals surface area contributed by atoms with Gasteiger partial charge in [-0.3, -0.25) is 9.69 Å². The van der Waals surface area contributed by atoms with Crippen LogP contribution in [0.3, 0.4) is 0 Å². The number of carbonyl (C=O) groups excluding carboxylic acids is 3. The normalized spacial score (nSPS) is 22.7. The lowest BCUT2D eigenvalue weighted by atomic mass is 9.63. The average molecular weight is 749 g/mol. The molecule has 290 valence electrons. The number of benzene rings is 3. The van der Waals surface area contributed by atoms with Crippen LogP contribution in [-0.4, -0.2) is 107 Å². The summed E-state index contributed by atoms with van der Waals surface area (Å²) in [7, 11) is 9.10. The zero-order chi connectivity index (χ0) is 39.1. The predicted molar refractivity (Wildman–Crippen MR) is 198 cm³/mol. The highest BCUT2D eigenvalue weighted by Gasteiger charge is 2.54. The van der Waals surface area contributed by atoms with Gasteiger partial charge in [-0.25, -0.2) is 4.79 Å². The first-order chi connectivity index (χ1) is 26.1. The van der Waals surface area contributed by atoms with Crippen LogP contribution >= 0.6 is 0 Å². The molecule has 3 aromatic carbocycles. The Labute approximate surface area is 313 Å². The summed E-state index contributed by atoms with van der Waals surface area (Å²) in [6.45, 7) is 3.68. The fraction of sp³-hybridized carbons (Fsp3) is 0.425. The van der Waals surface area contributed by atoms with Crippen molar-refractivity contribution in [2.75, 3.05) is 55.7 Å². The van der Waals surface area contributed by atoms with Gasteiger partial charge in [0, 0.05) is 48.9 Å². The summed E-state index contributed by atoms with van der Waals surface area (Å²) in [6, 6.07) is 15.2. The molecule has 54 heavy (non-hydrogen) atoms. The molecule has 3 N–H and O–H groups in total. The Morgan fingerprint density at radius 1 is 0.852 bits per heavy atom. The summed E-state index contributed by atoms with van der Waals surface area (Å²) in [5.74, 6) is 0.617. The minimum atomic E-state index is -0.670. The molecule has 0 radical (unpaired) electrons. The molecular formula is C40H48N2O12. The van der Waals surface area contributed by atoms with Gasteiger partial charge < -0.3 is 53.1 Å². The monoisotopic (exact) mass is 748 g/mol. The quantitative estimate of drug-likeness (QED) is 0.204. The number of hydrogen-bond acceptors (Lipinski definition) is 13. The largest absolute Gasteiger partial charge is 0.508 e. The molecule has 0 bridgehead atoms. The van der Waals surface area contributed by atoms with Gasteiger partial charge in [-0.15, -0.1) is 0 Å². The second-order valence-electron chi connectivity index (χ2n) is 13.2. The van der Waals surface area contributed by atoms with Crippen LogP contribution in [0.5, 0.6) is 34.5 Å². The maximum absolute atomic E-state index is 13.5. The average Bonchev–Trinajstić information content (AvgIpc) is 3.57. The molecule has 3 aliphatic rings. The number of H-pyrrole nitrogens is 1. The molecule has 0 unspecified atom stereocenters. The second kappa shape index (κ2) is 17.6. The summed E-state index contributed by atoms with van der Waals surface area (Å²) in [5, 5.41) is 18.5. The Bertz CT molecular complexity index is 1890. The van der Waals surface area contributed by atoms with Gasteiger partial charge in [0.05, 0.1) is 53.1 Å². The van der Waals surface area contributed by atoms with Crippen molar-refractivity contribution in [3.63, 3.8) is 0 Å². The topological polar surface area (TPSA) is 175 Å². The SMILES string of the molecule is C=O.COC(=O)[C@H]1[C@H]2C[C@@H]3c4[nH]c5cc(OC)ccc5c4CCN3C[C@H]2C[C@@H](OC(=O)c2cc(OC)c(OC)c(OC)c2)[C@@H]1OC.Oc1cccc(O)c1. The third-order valence-corrected chi connectivity index (χ3v) is 10.6. The van der Waals surface area contributed by atoms with Crippen LogP contribution < -0.4 is 18.9 Å². The number of aromatic hydroxyl groups is 2. The number of nitrogens with zero attached hydrogens (tertiary/aromatic N) is 1. The molecule has 0 amide bonds. The Kier molecular flexibility index (Phi) is 12.9. The highest BCUT2D eigenvalue weighted by atomic mass is 16.6. The van der Waals surface area contributed by atoms with Crippen molar-refractivity contribution in [2.45, 2.75) is 37.5 Å². The predicted octanol–water partition coefficient (Wildman–Crippen LogP) is 5.08. The van der Waals surface area contributed by atoms with Crippen molar-refractivity contribution in [2.24, 2.45) is 17.8 Å². The van der Waals surface area contributed by atoms with Gasteiger partial charge in [-0.2, -0.15) is 0 Å². The van der Waals surface area contributed by atoms with Gasteiger partial charge in [0.15, 0.2) is 11.5 Å². The zero-order valence-electron chi connectivity index (χ0n) is 31.3. The van der Waals surface area contributed by atoms with Crippen molar-refractivity contribution >= 4 is 29.6 Å². The molecule has 2 aliphatic heterocycles. The smallest absolute Gasteiger partial charge is 0.338 e. The molecule has 1 saturated heterocycles. The maximum atomic E-state index is 13.5. The molecule has 1 aliphatic carbocycles. The summed E-state index contributed by atoms with van der Waals surface area (Å²) in [6.07, 6.45) is 0.920. The van der Waals surface area contributed by atoms with Crippen LogP contribution in [0.25, 0.3) is 10.9 Å². The number of fused-ring (bicyclic) bond motifs is 6. The Balaban J connectivity index is 0.000000492. The number of rotatable bonds is 8. The van der Waals surface area contributed by atoms with E-state index in [1.54, 1.807) is 32.4 Å². The van der Waals surface area contributed by atoms with Crippen molar-refractivity contribution in [3.8, 4) is 34.5 Å². The Morgan fingerprint density at radius 2 is 1.54 bits per heavy atom. The van der Waals surface area contributed by atoms with Gasteiger partial charge in [0.1, 0.15) is 36.2 Å². The zero-order valence-corrected chi connectivity index (χ0v) is 31.3.